The standard InChI is InChI=1S/C25H27ClFN3O/c1-17-5-4-6-20(13-17)16-25(27)9-11-29(12-10-25)23-8-7-21(15-22(23)26)30-19(3)28-18(2)14-24(30)31/h4-8,13-15H,9-12,16H2,1-3H3. The molecule has 2 heterocycles. The lowest BCUT2D eigenvalue weighted by atomic mass is 9.86. The summed E-state index contributed by atoms with van der Waals surface area (Å²) in [6, 6.07) is 15.2. The zero-order chi connectivity index (χ0) is 22.2. The van der Waals surface area contributed by atoms with Crippen LogP contribution in [0.5, 0.6) is 0 Å². The molecule has 0 saturated carbocycles. The molecule has 4 rings (SSSR count). The van der Waals surface area contributed by atoms with Crippen LogP contribution >= 0.6 is 11.6 Å². The molecular formula is C25H27ClFN3O. The summed E-state index contributed by atoms with van der Waals surface area (Å²) >= 11 is 6.60. The Bertz CT molecular complexity index is 1170. The molecule has 1 saturated heterocycles. The molecule has 162 valence electrons. The van der Waals surface area contributed by atoms with Gasteiger partial charge in [0.15, 0.2) is 0 Å². The van der Waals surface area contributed by atoms with Crippen molar-refractivity contribution >= 4 is 17.3 Å². The SMILES string of the molecule is Cc1cccc(CC2(F)CCN(c3ccc(-n4c(C)nc(C)cc4=O)cc3Cl)CC2)c1. The van der Waals surface area contributed by atoms with Gasteiger partial charge in [-0.05, 0) is 57.4 Å². The maximum atomic E-state index is 15.5. The number of anilines is 1. The van der Waals surface area contributed by atoms with Crippen LogP contribution in [0.2, 0.25) is 5.02 Å². The summed E-state index contributed by atoms with van der Waals surface area (Å²) in [4.78, 5) is 18.9. The molecule has 0 atom stereocenters. The molecule has 31 heavy (non-hydrogen) atoms. The van der Waals surface area contributed by atoms with Crippen molar-refractivity contribution in [2.75, 3.05) is 18.0 Å². The first-order valence-electron chi connectivity index (χ1n) is 10.6. The monoisotopic (exact) mass is 439 g/mol. The van der Waals surface area contributed by atoms with Gasteiger partial charge in [-0.25, -0.2) is 9.37 Å². The van der Waals surface area contributed by atoms with Gasteiger partial charge in [-0.2, -0.15) is 0 Å². The highest BCUT2D eigenvalue weighted by Crippen LogP contribution is 2.36. The minimum absolute atomic E-state index is 0.134. The van der Waals surface area contributed by atoms with E-state index < -0.39 is 5.67 Å². The van der Waals surface area contributed by atoms with E-state index in [-0.39, 0.29) is 5.56 Å². The minimum atomic E-state index is -1.20. The lowest BCUT2D eigenvalue weighted by Crippen LogP contribution is -2.43. The number of alkyl halides is 1. The molecule has 0 radical (unpaired) electrons. The highest BCUT2D eigenvalue weighted by atomic mass is 35.5. The predicted octanol–water partition coefficient (Wildman–Crippen LogP) is 5.36. The van der Waals surface area contributed by atoms with Crippen LogP contribution in [0.1, 0.15) is 35.5 Å². The van der Waals surface area contributed by atoms with Crippen molar-refractivity contribution in [1.82, 2.24) is 9.55 Å². The smallest absolute Gasteiger partial charge is 0.258 e. The van der Waals surface area contributed by atoms with Crippen molar-refractivity contribution in [3.63, 3.8) is 0 Å². The minimum Gasteiger partial charge on any atom is -0.370 e. The van der Waals surface area contributed by atoms with Gasteiger partial charge in [0.2, 0.25) is 0 Å². The first-order valence-corrected chi connectivity index (χ1v) is 11.0. The molecule has 1 fully saturated rings. The van der Waals surface area contributed by atoms with E-state index in [1.54, 1.807) is 24.5 Å². The maximum absolute atomic E-state index is 15.5. The number of hydrogen-bond donors (Lipinski definition) is 0. The molecule has 1 aliphatic rings. The lowest BCUT2D eigenvalue weighted by molar-refractivity contribution is 0.125. The summed E-state index contributed by atoms with van der Waals surface area (Å²) in [6.45, 7) is 6.84. The van der Waals surface area contributed by atoms with Crippen molar-refractivity contribution in [3.8, 4) is 5.69 Å². The van der Waals surface area contributed by atoms with E-state index in [9.17, 15) is 4.79 Å². The van der Waals surface area contributed by atoms with E-state index in [0.717, 1.165) is 16.8 Å². The zero-order valence-corrected chi connectivity index (χ0v) is 18.9. The second-order valence-corrected chi connectivity index (χ2v) is 8.97. The molecule has 4 nitrogen and oxygen atoms in total. The van der Waals surface area contributed by atoms with Crippen LogP contribution < -0.4 is 10.5 Å². The van der Waals surface area contributed by atoms with Gasteiger partial charge in [-0.1, -0.05) is 41.4 Å². The Hall–Kier alpha value is -2.66. The van der Waals surface area contributed by atoms with Crippen molar-refractivity contribution in [2.24, 2.45) is 0 Å². The third-order valence-electron chi connectivity index (χ3n) is 6.01. The number of piperidine rings is 1. The van der Waals surface area contributed by atoms with E-state index in [0.29, 0.717) is 54.6 Å². The summed E-state index contributed by atoms with van der Waals surface area (Å²) in [5, 5.41) is 0.550. The number of aromatic nitrogens is 2. The van der Waals surface area contributed by atoms with Crippen LogP contribution in [0.4, 0.5) is 10.1 Å². The first-order chi connectivity index (χ1) is 14.7. The fourth-order valence-corrected chi connectivity index (χ4v) is 4.75. The molecule has 0 spiro atoms. The first kappa shape index (κ1) is 21.6. The van der Waals surface area contributed by atoms with Crippen LogP contribution in [-0.4, -0.2) is 28.3 Å². The molecule has 0 aliphatic carbocycles. The van der Waals surface area contributed by atoms with Crippen molar-refractivity contribution in [3.05, 3.63) is 86.6 Å². The summed E-state index contributed by atoms with van der Waals surface area (Å²) in [7, 11) is 0. The van der Waals surface area contributed by atoms with E-state index in [2.05, 4.69) is 16.0 Å². The Kier molecular flexibility index (Phi) is 5.89. The third kappa shape index (κ3) is 4.67. The molecule has 0 amide bonds. The molecule has 3 aromatic rings. The molecule has 0 bridgehead atoms. The van der Waals surface area contributed by atoms with E-state index in [1.165, 1.54) is 6.07 Å². The quantitative estimate of drug-likeness (QED) is 0.549. The van der Waals surface area contributed by atoms with Crippen LogP contribution in [0.3, 0.4) is 0 Å². The summed E-state index contributed by atoms with van der Waals surface area (Å²) < 4.78 is 17.0. The molecule has 1 aliphatic heterocycles. The Labute approximate surface area is 187 Å². The topological polar surface area (TPSA) is 38.1 Å². The Morgan fingerprint density at radius 2 is 1.81 bits per heavy atom. The highest BCUT2D eigenvalue weighted by molar-refractivity contribution is 6.33. The average Bonchev–Trinajstić information content (AvgIpc) is 2.68. The highest BCUT2D eigenvalue weighted by Gasteiger charge is 2.35. The molecular weight excluding hydrogens is 413 g/mol. The predicted molar refractivity (Wildman–Crippen MR) is 124 cm³/mol. The Morgan fingerprint density at radius 1 is 1.06 bits per heavy atom. The Balaban J connectivity index is 1.50. The fraction of sp³-hybridized carbons (Fsp3) is 0.360. The van der Waals surface area contributed by atoms with Crippen molar-refractivity contribution in [2.45, 2.75) is 45.7 Å². The molecule has 1 aromatic heterocycles. The summed E-state index contributed by atoms with van der Waals surface area (Å²) in [5.41, 5.74) is 3.11. The Morgan fingerprint density at radius 3 is 2.45 bits per heavy atom. The zero-order valence-electron chi connectivity index (χ0n) is 18.2. The third-order valence-corrected chi connectivity index (χ3v) is 6.31. The number of benzene rings is 2. The molecule has 0 unspecified atom stereocenters. The van der Waals surface area contributed by atoms with Gasteiger partial charge in [0, 0.05) is 31.3 Å². The van der Waals surface area contributed by atoms with Gasteiger partial charge in [-0.3, -0.25) is 9.36 Å². The van der Waals surface area contributed by atoms with Gasteiger partial charge < -0.3 is 4.90 Å². The van der Waals surface area contributed by atoms with Crippen LogP contribution in [0.15, 0.2) is 53.3 Å². The number of halogens is 2. The second-order valence-electron chi connectivity index (χ2n) is 8.56. The van der Waals surface area contributed by atoms with E-state index in [1.807, 2.05) is 37.3 Å². The van der Waals surface area contributed by atoms with Crippen LogP contribution in [0.25, 0.3) is 5.69 Å². The van der Waals surface area contributed by atoms with Gasteiger partial charge in [0.25, 0.3) is 5.56 Å². The number of aryl methyl sites for hydroxylation is 3. The number of nitrogens with zero attached hydrogens (tertiary/aromatic N) is 3. The normalized spacial score (nSPS) is 15.8. The van der Waals surface area contributed by atoms with Crippen molar-refractivity contribution in [1.29, 1.82) is 0 Å². The number of rotatable bonds is 4. The average molecular weight is 440 g/mol. The largest absolute Gasteiger partial charge is 0.370 e. The fourth-order valence-electron chi connectivity index (χ4n) is 4.46. The van der Waals surface area contributed by atoms with E-state index in [4.69, 9.17) is 11.6 Å². The summed E-state index contributed by atoms with van der Waals surface area (Å²) in [5.74, 6) is 0.616. The van der Waals surface area contributed by atoms with Gasteiger partial charge >= 0.3 is 0 Å². The second kappa shape index (κ2) is 8.46. The summed E-state index contributed by atoms with van der Waals surface area (Å²) in [6.07, 6.45) is 1.36. The van der Waals surface area contributed by atoms with Gasteiger partial charge in [0.1, 0.15) is 11.5 Å². The molecule has 0 N–H and O–H groups in total. The molecule has 2 aromatic carbocycles. The maximum Gasteiger partial charge on any atom is 0.258 e. The molecule has 6 heteroatoms. The van der Waals surface area contributed by atoms with Crippen LogP contribution in [-0.2, 0) is 6.42 Å². The van der Waals surface area contributed by atoms with Gasteiger partial charge in [-0.15, -0.1) is 0 Å². The van der Waals surface area contributed by atoms with E-state index >= 15 is 4.39 Å². The van der Waals surface area contributed by atoms with Crippen LogP contribution in [0, 0.1) is 20.8 Å². The van der Waals surface area contributed by atoms with Gasteiger partial charge in [0.05, 0.1) is 16.4 Å². The lowest BCUT2D eigenvalue weighted by Gasteiger charge is -2.38. The van der Waals surface area contributed by atoms with Crippen molar-refractivity contribution < 1.29 is 4.39 Å². The number of hydrogen-bond acceptors (Lipinski definition) is 3.